The predicted molar refractivity (Wildman–Crippen MR) is 76.1 cm³/mol. The molecule has 0 aromatic carbocycles. The van der Waals surface area contributed by atoms with Crippen LogP contribution in [0.5, 0.6) is 0 Å². The molecular formula is C15H32N2. The molecule has 1 aliphatic rings. The minimum atomic E-state index is 0.218. The smallest absolute Gasteiger partial charge is 0.0300 e. The van der Waals surface area contributed by atoms with Gasteiger partial charge in [0.15, 0.2) is 0 Å². The molecule has 17 heavy (non-hydrogen) atoms. The predicted octanol–water partition coefficient (Wildman–Crippen LogP) is 3.26. The second kappa shape index (κ2) is 6.75. The van der Waals surface area contributed by atoms with Crippen LogP contribution in [0, 0.1) is 11.8 Å². The molecule has 0 bridgehead atoms. The second-order valence-electron chi connectivity index (χ2n) is 6.37. The summed E-state index contributed by atoms with van der Waals surface area (Å²) in [7, 11) is 2.26. The fourth-order valence-electron chi connectivity index (χ4n) is 2.61. The van der Waals surface area contributed by atoms with Gasteiger partial charge in [0.25, 0.3) is 0 Å². The molecule has 1 rings (SSSR count). The summed E-state index contributed by atoms with van der Waals surface area (Å²) >= 11 is 0. The third kappa shape index (κ3) is 4.59. The average molecular weight is 240 g/mol. The van der Waals surface area contributed by atoms with Crippen molar-refractivity contribution < 1.29 is 0 Å². The van der Waals surface area contributed by atoms with Crippen LogP contribution in [0.25, 0.3) is 0 Å². The van der Waals surface area contributed by atoms with E-state index in [1.807, 2.05) is 0 Å². The van der Waals surface area contributed by atoms with Crippen LogP contribution < -0.4 is 5.73 Å². The maximum Gasteiger partial charge on any atom is 0.0300 e. The Balaban J connectivity index is 2.31. The SMILES string of the molecule is CCCCCCC(C)(CN)N(C)CC1CC1C. The Labute approximate surface area is 108 Å². The lowest BCUT2D eigenvalue weighted by molar-refractivity contribution is 0.123. The Hall–Kier alpha value is -0.0800. The molecule has 2 nitrogen and oxygen atoms in total. The first kappa shape index (κ1) is 15.0. The zero-order chi connectivity index (χ0) is 12.9. The van der Waals surface area contributed by atoms with Crippen molar-refractivity contribution >= 4 is 0 Å². The van der Waals surface area contributed by atoms with Crippen LogP contribution in [0.1, 0.15) is 59.3 Å². The van der Waals surface area contributed by atoms with E-state index in [4.69, 9.17) is 5.73 Å². The first-order chi connectivity index (χ1) is 8.03. The number of likely N-dealkylation sites (N-methyl/N-ethyl adjacent to an activating group) is 1. The summed E-state index contributed by atoms with van der Waals surface area (Å²) in [5.41, 5.74) is 6.23. The van der Waals surface area contributed by atoms with Gasteiger partial charge in [-0.1, -0.05) is 39.5 Å². The van der Waals surface area contributed by atoms with Gasteiger partial charge in [0.05, 0.1) is 0 Å². The molecule has 0 heterocycles. The van der Waals surface area contributed by atoms with Gasteiger partial charge in [-0.2, -0.15) is 0 Å². The van der Waals surface area contributed by atoms with E-state index < -0.39 is 0 Å². The third-order valence-electron chi connectivity index (χ3n) is 4.71. The van der Waals surface area contributed by atoms with Crippen LogP contribution >= 0.6 is 0 Å². The molecule has 3 unspecified atom stereocenters. The number of nitrogens with two attached hydrogens (primary N) is 1. The van der Waals surface area contributed by atoms with E-state index in [9.17, 15) is 0 Å². The molecule has 0 spiro atoms. The molecular weight excluding hydrogens is 208 g/mol. The number of nitrogens with zero attached hydrogens (tertiary/aromatic N) is 1. The summed E-state index contributed by atoms with van der Waals surface area (Å²) in [6, 6.07) is 0. The Kier molecular flexibility index (Phi) is 5.94. The molecule has 1 saturated carbocycles. The van der Waals surface area contributed by atoms with Crippen molar-refractivity contribution in [3.63, 3.8) is 0 Å². The van der Waals surface area contributed by atoms with Gasteiger partial charge in [0.2, 0.25) is 0 Å². The van der Waals surface area contributed by atoms with Gasteiger partial charge in [-0.15, -0.1) is 0 Å². The van der Waals surface area contributed by atoms with Crippen LogP contribution in [0.2, 0.25) is 0 Å². The van der Waals surface area contributed by atoms with Crippen molar-refractivity contribution in [2.75, 3.05) is 20.1 Å². The molecule has 0 saturated heterocycles. The summed E-state index contributed by atoms with van der Waals surface area (Å²) in [6.07, 6.45) is 8.03. The molecule has 1 aliphatic carbocycles. The number of hydrogen-bond donors (Lipinski definition) is 1. The lowest BCUT2D eigenvalue weighted by Gasteiger charge is -2.38. The Morgan fingerprint density at radius 3 is 2.41 bits per heavy atom. The first-order valence-electron chi connectivity index (χ1n) is 7.44. The molecule has 2 heteroatoms. The third-order valence-corrected chi connectivity index (χ3v) is 4.71. The molecule has 0 amide bonds. The lowest BCUT2D eigenvalue weighted by Crippen LogP contribution is -2.50. The average Bonchev–Trinajstić information content (AvgIpc) is 3.00. The summed E-state index contributed by atoms with van der Waals surface area (Å²) in [5.74, 6) is 1.88. The molecule has 102 valence electrons. The van der Waals surface area contributed by atoms with Crippen molar-refractivity contribution in [3.8, 4) is 0 Å². The van der Waals surface area contributed by atoms with E-state index in [-0.39, 0.29) is 5.54 Å². The fourth-order valence-corrected chi connectivity index (χ4v) is 2.61. The van der Waals surface area contributed by atoms with E-state index >= 15 is 0 Å². The van der Waals surface area contributed by atoms with Gasteiger partial charge < -0.3 is 5.73 Å². The van der Waals surface area contributed by atoms with Crippen molar-refractivity contribution in [1.29, 1.82) is 0 Å². The highest BCUT2D eigenvalue weighted by Crippen LogP contribution is 2.39. The summed E-state index contributed by atoms with van der Waals surface area (Å²) in [5, 5.41) is 0. The minimum absolute atomic E-state index is 0.218. The molecule has 0 aromatic heterocycles. The zero-order valence-electron chi connectivity index (χ0n) is 12.3. The second-order valence-corrected chi connectivity index (χ2v) is 6.37. The van der Waals surface area contributed by atoms with Gasteiger partial charge in [-0.3, -0.25) is 4.90 Å². The maximum absolute atomic E-state index is 6.01. The minimum Gasteiger partial charge on any atom is -0.329 e. The Morgan fingerprint density at radius 2 is 1.94 bits per heavy atom. The Bertz CT molecular complexity index is 217. The van der Waals surface area contributed by atoms with Crippen LogP contribution in [0.4, 0.5) is 0 Å². The van der Waals surface area contributed by atoms with Crippen LogP contribution in [0.15, 0.2) is 0 Å². The molecule has 1 fully saturated rings. The Morgan fingerprint density at radius 1 is 1.29 bits per heavy atom. The van der Waals surface area contributed by atoms with E-state index in [0.717, 1.165) is 18.4 Å². The summed E-state index contributed by atoms with van der Waals surface area (Å²) < 4.78 is 0. The van der Waals surface area contributed by atoms with Crippen molar-refractivity contribution in [3.05, 3.63) is 0 Å². The van der Waals surface area contributed by atoms with Gasteiger partial charge >= 0.3 is 0 Å². The normalized spacial score (nSPS) is 27.2. The topological polar surface area (TPSA) is 29.3 Å². The standard InChI is InChI=1S/C15H32N2/c1-5-6-7-8-9-15(3,12-16)17(4)11-14-10-13(14)2/h13-14H,5-12,16H2,1-4H3. The van der Waals surface area contributed by atoms with Crippen LogP contribution in [0.3, 0.4) is 0 Å². The molecule has 2 N–H and O–H groups in total. The van der Waals surface area contributed by atoms with Crippen molar-refractivity contribution in [1.82, 2.24) is 4.90 Å². The summed E-state index contributed by atoms with van der Waals surface area (Å²) in [6.45, 7) is 8.99. The van der Waals surface area contributed by atoms with E-state index in [1.54, 1.807) is 0 Å². The van der Waals surface area contributed by atoms with E-state index in [1.165, 1.54) is 45.1 Å². The number of unbranched alkanes of at least 4 members (excludes halogenated alkanes) is 3. The molecule has 0 aliphatic heterocycles. The summed E-state index contributed by atoms with van der Waals surface area (Å²) in [4.78, 5) is 2.52. The fraction of sp³-hybridized carbons (Fsp3) is 1.00. The molecule has 3 atom stereocenters. The van der Waals surface area contributed by atoms with E-state index in [2.05, 4.69) is 32.7 Å². The quantitative estimate of drug-likeness (QED) is 0.627. The number of hydrogen-bond acceptors (Lipinski definition) is 2. The monoisotopic (exact) mass is 240 g/mol. The largest absolute Gasteiger partial charge is 0.329 e. The molecule has 0 aromatic rings. The van der Waals surface area contributed by atoms with Gasteiger partial charge in [0, 0.05) is 18.6 Å². The van der Waals surface area contributed by atoms with E-state index in [0.29, 0.717) is 0 Å². The highest BCUT2D eigenvalue weighted by molar-refractivity contribution is 4.91. The van der Waals surface area contributed by atoms with Gasteiger partial charge in [0.1, 0.15) is 0 Å². The molecule has 0 radical (unpaired) electrons. The van der Waals surface area contributed by atoms with Crippen LogP contribution in [-0.2, 0) is 0 Å². The zero-order valence-corrected chi connectivity index (χ0v) is 12.3. The van der Waals surface area contributed by atoms with Crippen molar-refractivity contribution in [2.24, 2.45) is 17.6 Å². The first-order valence-corrected chi connectivity index (χ1v) is 7.44. The van der Waals surface area contributed by atoms with Gasteiger partial charge in [-0.25, -0.2) is 0 Å². The van der Waals surface area contributed by atoms with Crippen LogP contribution in [-0.4, -0.2) is 30.6 Å². The van der Waals surface area contributed by atoms with Crippen molar-refractivity contribution in [2.45, 2.75) is 64.8 Å². The highest BCUT2D eigenvalue weighted by atomic mass is 15.2. The lowest BCUT2D eigenvalue weighted by atomic mass is 9.92. The number of rotatable bonds is 9. The maximum atomic E-state index is 6.01. The van der Waals surface area contributed by atoms with Gasteiger partial charge in [-0.05, 0) is 38.6 Å². The highest BCUT2D eigenvalue weighted by Gasteiger charge is 2.37.